The largest absolute Gasteiger partial charge is 0.506 e. The number of aromatic hydroxyl groups is 1. The van der Waals surface area contributed by atoms with Crippen molar-refractivity contribution in [3.8, 4) is 17.6 Å². The van der Waals surface area contributed by atoms with Gasteiger partial charge in [-0.2, -0.15) is 18.3 Å². The van der Waals surface area contributed by atoms with Crippen LogP contribution in [0.2, 0.25) is 0 Å². The zero-order valence-corrected chi connectivity index (χ0v) is 27.2. The maximum atomic E-state index is 13.4. The van der Waals surface area contributed by atoms with Crippen LogP contribution in [0.3, 0.4) is 0 Å². The number of likely N-dealkylation sites (N-methyl/N-ethyl adjacent to an activating group) is 1. The second-order valence-electron chi connectivity index (χ2n) is 12.0. The zero-order valence-electron chi connectivity index (χ0n) is 27.2. The van der Waals surface area contributed by atoms with E-state index in [0.717, 1.165) is 22.7 Å². The van der Waals surface area contributed by atoms with E-state index < -0.39 is 46.8 Å². The number of benzene rings is 2. The third-order valence-corrected chi connectivity index (χ3v) is 8.19. The molecule has 0 radical (unpaired) electrons. The Morgan fingerprint density at radius 3 is 2.47 bits per heavy atom. The fourth-order valence-corrected chi connectivity index (χ4v) is 5.08. The number of carbonyl (C=O) groups is 5. The number of anilines is 2. The minimum atomic E-state index is -4.65. The van der Waals surface area contributed by atoms with Gasteiger partial charge >= 0.3 is 6.18 Å². The van der Waals surface area contributed by atoms with Crippen molar-refractivity contribution in [2.45, 2.75) is 51.4 Å². The normalized spacial score (nSPS) is 13.7. The van der Waals surface area contributed by atoms with E-state index in [1.165, 1.54) is 17.9 Å². The molecule has 15 heteroatoms. The summed E-state index contributed by atoms with van der Waals surface area (Å²) < 4.78 is 40.1. The summed E-state index contributed by atoms with van der Waals surface area (Å²) in [5.41, 5.74) is -0.429. The maximum Gasteiger partial charge on any atom is 0.416 e. The lowest BCUT2D eigenvalue weighted by atomic mass is 9.97. The molecule has 1 aromatic heterocycles. The van der Waals surface area contributed by atoms with Gasteiger partial charge in [0.25, 0.3) is 11.8 Å². The number of carbonyl (C=O) groups excluding carboxylic acids is 5. The van der Waals surface area contributed by atoms with Gasteiger partial charge in [0.1, 0.15) is 23.6 Å². The predicted octanol–water partition coefficient (Wildman–Crippen LogP) is 3.47. The van der Waals surface area contributed by atoms with Crippen molar-refractivity contribution >= 4 is 41.8 Å². The van der Waals surface area contributed by atoms with Crippen molar-refractivity contribution in [2.75, 3.05) is 30.4 Å². The number of phenols is 1. The van der Waals surface area contributed by atoms with Gasteiger partial charge in [0, 0.05) is 44.0 Å². The minimum Gasteiger partial charge on any atom is -0.506 e. The number of nitrogens with zero attached hydrogens (tertiary/aromatic N) is 4. The Morgan fingerprint density at radius 1 is 1.14 bits per heavy atom. The van der Waals surface area contributed by atoms with Crippen LogP contribution in [0, 0.1) is 24.7 Å². The summed E-state index contributed by atoms with van der Waals surface area (Å²) in [4.78, 5) is 64.5. The molecule has 4 amide bonds. The van der Waals surface area contributed by atoms with E-state index in [2.05, 4.69) is 27.6 Å². The highest BCUT2D eigenvalue weighted by atomic mass is 19.4. The molecule has 0 bridgehead atoms. The van der Waals surface area contributed by atoms with E-state index in [1.807, 2.05) is 11.0 Å². The van der Waals surface area contributed by atoms with Crippen molar-refractivity contribution in [3.63, 3.8) is 0 Å². The summed E-state index contributed by atoms with van der Waals surface area (Å²) in [6, 6.07) is 6.37. The number of halogens is 3. The molecule has 0 aliphatic carbocycles. The molecule has 2 heterocycles. The third kappa shape index (κ3) is 8.08. The fraction of sp³-hybridized carbons (Fsp3) is 0.353. The Kier molecular flexibility index (Phi) is 10.8. The molecule has 3 aromatic rings. The number of imide groups is 1. The molecule has 2 aromatic carbocycles. The minimum absolute atomic E-state index is 0.00389. The third-order valence-electron chi connectivity index (χ3n) is 8.19. The second kappa shape index (κ2) is 14.6. The number of hydrogen-bond acceptors (Lipinski definition) is 8. The first-order chi connectivity index (χ1) is 23.1. The van der Waals surface area contributed by atoms with E-state index in [1.54, 1.807) is 39.1 Å². The number of nitrogens with one attached hydrogen (secondary N) is 2. The highest BCUT2D eigenvalue weighted by Gasteiger charge is 2.34. The van der Waals surface area contributed by atoms with Gasteiger partial charge in [0.05, 0.1) is 28.9 Å². The maximum absolute atomic E-state index is 13.4. The highest BCUT2D eigenvalue weighted by molar-refractivity contribution is 6.04. The molecule has 0 spiro atoms. The summed E-state index contributed by atoms with van der Waals surface area (Å²) in [7, 11) is 1.38. The van der Waals surface area contributed by atoms with Gasteiger partial charge in [-0.25, -0.2) is 0 Å². The number of aldehydes is 1. The molecule has 49 heavy (non-hydrogen) atoms. The number of phenolic OH excluding ortho intramolecular Hbond substituents is 1. The van der Waals surface area contributed by atoms with Gasteiger partial charge < -0.3 is 25.4 Å². The monoisotopic (exact) mass is 680 g/mol. The quantitative estimate of drug-likeness (QED) is 0.158. The van der Waals surface area contributed by atoms with Crippen LogP contribution in [0.1, 0.15) is 53.7 Å². The molecule has 1 unspecified atom stereocenters. The van der Waals surface area contributed by atoms with E-state index in [0.29, 0.717) is 43.0 Å². The molecule has 1 aliphatic heterocycles. The number of alkyl halides is 3. The number of amides is 4. The number of hydrogen-bond donors (Lipinski definition) is 3. The Bertz CT molecular complexity index is 1820. The number of aryl methyl sites for hydroxylation is 1. The smallest absolute Gasteiger partial charge is 0.416 e. The Morgan fingerprint density at radius 2 is 1.86 bits per heavy atom. The molecule has 1 atom stereocenters. The topological polar surface area (TPSA) is 154 Å². The Balaban J connectivity index is 1.40. The molecule has 1 saturated heterocycles. The molecule has 4 rings (SSSR count). The lowest BCUT2D eigenvalue weighted by Crippen LogP contribution is -2.48. The van der Waals surface area contributed by atoms with Crippen molar-refractivity contribution in [1.82, 2.24) is 20.0 Å². The van der Waals surface area contributed by atoms with E-state index in [-0.39, 0.29) is 30.0 Å². The van der Waals surface area contributed by atoms with Gasteiger partial charge in [0.2, 0.25) is 12.3 Å². The first-order valence-corrected chi connectivity index (χ1v) is 15.2. The standard InChI is InChI=1S/C34H35F3N6O6/c1-21-7-11-25(15-26(21)31(48)42(20-45)28(6-5-13-44)30(47)38-4)41-17-23(18-41)9-8-22-16-39-43(19-22)33(2,3)32(49)40-27-12-10-24(14-29(27)46)34(35,36)37/h7,10-16,19-20,23,28,46H,5-6,17-18H2,1-4H3,(H,38,47)(H,40,49). The summed E-state index contributed by atoms with van der Waals surface area (Å²) >= 11 is 0. The van der Waals surface area contributed by atoms with Crippen molar-refractivity contribution in [1.29, 1.82) is 0 Å². The van der Waals surface area contributed by atoms with Gasteiger partial charge in [-0.05, 0) is 63.1 Å². The van der Waals surface area contributed by atoms with Gasteiger partial charge in [-0.1, -0.05) is 17.9 Å². The highest BCUT2D eigenvalue weighted by Crippen LogP contribution is 2.35. The van der Waals surface area contributed by atoms with E-state index >= 15 is 0 Å². The lowest BCUT2D eigenvalue weighted by molar-refractivity contribution is -0.137. The van der Waals surface area contributed by atoms with Gasteiger partial charge in [-0.3, -0.25) is 28.8 Å². The number of aromatic nitrogens is 2. The molecular weight excluding hydrogens is 645 g/mol. The van der Waals surface area contributed by atoms with Crippen LogP contribution in [-0.2, 0) is 30.9 Å². The molecule has 12 nitrogen and oxygen atoms in total. The number of rotatable bonds is 11. The lowest BCUT2D eigenvalue weighted by Gasteiger charge is -2.38. The van der Waals surface area contributed by atoms with Crippen LogP contribution in [0.25, 0.3) is 0 Å². The van der Waals surface area contributed by atoms with Crippen LogP contribution in [0.15, 0.2) is 48.8 Å². The molecule has 3 N–H and O–H groups in total. The fourth-order valence-electron chi connectivity index (χ4n) is 5.08. The van der Waals surface area contributed by atoms with Crippen molar-refractivity contribution in [3.05, 3.63) is 71.0 Å². The summed E-state index contributed by atoms with van der Waals surface area (Å²) in [6.07, 6.45) is -0.694. The first-order valence-electron chi connectivity index (χ1n) is 15.2. The average Bonchev–Trinajstić information content (AvgIpc) is 3.52. The van der Waals surface area contributed by atoms with Gasteiger partial charge in [-0.15, -0.1) is 0 Å². The predicted molar refractivity (Wildman–Crippen MR) is 172 cm³/mol. The van der Waals surface area contributed by atoms with Crippen LogP contribution < -0.4 is 15.5 Å². The van der Waals surface area contributed by atoms with Crippen LogP contribution in [0.5, 0.6) is 5.75 Å². The molecule has 258 valence electrons. The zero-order chi connectivity index (χ0) is 36.1. The Hall–Kier alpha value is -5.65. The first kappa shape index (κ1) is 36.2. The van der Waals surface area contributed by atoms with Crippen LogP contribution >= 0.6 is 0 Å². The van der Waals surface area contributed by atoms with Crippen molar-refractivity contribution in [2.24, 2.45) is 5.92 Å². The average molecular weight is 681 g/mol. The van der Waals surface area contributed by atoms with Crippen LogP contribution in [-0.4, -0.2) is 76.4 Å². The summed E-state index contributed by atoms with van der Waals surface area (Å²) in [5, 5.41) is 19.1. The summed E-state index contributed by atoms with van der Waals surface area (Å²) in [6.45, 7) is 5.90. The molecule has 1 aliphatic rings. The Labute approximate surface area is 280 Å². The van der Waals surface area contributed by atoms with E-state index in [9.17, 15) is 42.3 Å². The SMILES string of the molecule is CNC(=O)C(CCC=O)N(C=O)C(=O)c1cc(N2CC(C#Cc3cnn(C(C)(C)C(=O)Nc4ccc(C(F)(F)F)cc4O)c3)C2)ccc1C. The van der Waals surface area contributed by atoms with E-state index in [4.69, 9.17) is 0 Å². The molecule has 0 saturated carbocycles. The van der Waals surface area contributed by atoms with Crippen molar-refractivity contribution < 1.29 is 42.3 Å². The summed E-state index contributed by atoms with van der Waals surface area (Å²) in [5.74, 6) is 3.59. The van der Waals surface area contributed by atoms with Gasteiger partial charge in [0.15, 0.2) is 0 Å². The molecular formula is C34H35F3N6O6. The van der Waals surface area contributed by atoms with Crippen LogP contribution in [0.4, 0.5) is 24.5 Å². The second-order valence-corrected chi connectivity index (χ2v) is 12.0. The molecule has 1 fully saturated rings.